The molecule has 0 radical (unpaired) electrons. The van der Waals surface area contributed by atoms with Gasteiger partial charge in [0.1, 0.15) is 5.69 Å². The van der Waals surface area contributed by atoms with Crippen LogP contribution in [0, 0.1) is 0 Å². The van der Waals surface area contributed by atoms with Gasteiger partial charge >= 0.3 is 0 Å². The number of carbonyl (C=O) groups excluding carboxylic acids is 1. The number of likely N-dealkylation sites (N-methyl/N-ethyl adjacent to an activating group) is 1. The molecule has 0 N–H and O–H groups in total. The molecule has 1 saturated heterocycles. The minimum Gasteiger partial charge on any atom is -0.376 e. The van der Waals surface area contributed by atoms with Crippen molar-refractivity contribution in [3.63, 3.8) is 0 Å². The molecular formula is C10H14N2O2S. The Hall–Kier alpha value is -0.940. The minimum absolute atomic E-state index is 0.0152. The lowest BCUT2D eigenvalue weighted by Gasteiger charge is -2.25. The standard InChI is InChI=1S/C10H14N2O2S/c1-7-9(3-4-14-7)12(2)10(13)8-5-15-6-11-8/h5-7,9H,3-4H2,1-2H3. The number of rotatable bonds is 2. The third kappa shape index (κ3) is 2.03. The fourth-order valence-electron chi connectivity index (χ4n) is 1.88. The van der Waals surface area contributed by atoms with Crippen LogP contribution in [0.25, 0.3) is 0 Å². The van der Waals surface area contributed by atoms with Gasteiger partial charge in [-0.15, -0.1) is 11.3 Å². The number of ether oxygens (including phenoxy) is 1. The normalized spacial score (nSPS) is 25.5. The molecule has 82 valence electrons. The lowest BCUT2D eigenvalue weighted by Crippen LogP contribution is -2.41. The van der Waals surface area contributed by atoms with Crippen LogP contribution in [0.1, 0.15) is 23.8 Å². The molecule has 1 aromatic rings. The van der Waals surface area contributed by atoms with Gasteiger partial charge in [-0.3, -0.25) is 4.79 Å². The van der Waals surface area contributed by atoms with Gasteiger partial charge in [-0.05, 0) is 13.3 Å². The van der Waals surface area contributed by atoms with Gasteiger partial charge in [0.25, 0.3) is 5.91 Å². The smallest absolute Gasteiger partial charge is 0.273 e. The van der Waals surface area contributed by atoms with Crippen molar-refractivity contribution in [2.45, 2.75) is 25.5 Å². The van der Waals surface area contributed by atoms with Gasteiger partial charge in [0.05, 0.1) is 17.7 Å². The highest BCUT2D eigenvalue weighted by molar-refractivity contribution is 7.07. The van der Waals surface area contributed by atoms with E-state index in [-0.39, 0.29) is 18.1 Å². The average Bonchev–Trinajstić information content (AvgIpc) is 2.85. The highest BCUT2D eigenvalue weighted by Crippen LogP contribution is 2.19. The Labute approximate surface area is 92.9 Å². The van der Waals surface area contributed by atoms with Gasteiger partial charge in [-0.1, -0.05) is 0 Å². The number of hydrogen-bond donors (Lipinski definition) is 0. The second-order valence-corrected chi connectivity index (χ2v) is 4.44. The van der Waals surface area contributed by atoms with Gasteiger partial charge in [-0.2, -0.15) is 0 Å². The van der Waals surface area contributed by atoms with Crippen molar-refractivity contribution in [3.8, 4) is 0 Å². The highest BCUT2D eigenvalue weighted by atomic mass is 32.1. The molecule has 2 atom stereocenters. The summed E-state index contributed by atoms with van der Waals surface area (Å²) in [5, 5.41) is 1.78. The van der Waals surface area contributed by atoms with E-state index in [1.54, 1.807) is 15.8 Å². The van der Waals surface area contributed by atoms with E-state index in [0.29, 0.717) is 5.69 Å². The fourth-order valence-corrected chi connectivity index (χ4v) is 2.40. The number of nitrogens with zero attached hydrogens (tertiary/aromatic N) is 2. The summed E-state index contributed by atoms with van der Waals surface area (Å²) in [6.07, 6.45) is 1.03. The maximum Gasteiger partial charge on any atom is 0.273 e. The summed E-state index contributed by atoms with van der Waals surface area (Å²) < 4.78 is 5.44. The van der Waals surface area contributed by atoms with Gasteiger partial charge in [0, 0.05) is 19.0 Å². The van der Waals surface area contributed by atoms with E-state index in [4.69, 9.17) is 4.74 Å². The second-order valence-electron chi connectivity index (χ2n) is 3.72. The maximum absolute atomic E-state index is 12.0. The van der Waals surface area contributed by atoms with Crippen molar-refractivity contribution in [2.24, 2.45) is 0 Å². The van der Waals surface area contributed by atoms with Crippen LogP contribution in [0.5, 0.6) is 0 Å². The molecule has 4 nitrogen and oxygen atoms in total. The number of hydrogen-bond acceptors (Lipinski definition) is 4. The molecule has 1 aliphatic heterocycles. The number of carbonyl (C=O) groups is 1. The first kappa shape index (κ1) is 10.6. The van der Waals surface area contributed by atoms with E-state index in [9.17, 15) is 4.79 Å². The van der Waals surface area contributed by atoms with Crippen molar-refractivity contribution in [1.82, 2.24) is 9.88 Å². The van der Waals surface area contributed by atoms with Gasteiger partial charge in [0.15, 0.2) is 0 Å². The van der Waals surface area contributed by atoms with Gasteiger partial charge in [-0.25, -0.2) is 4.98 Å². The molecule has 2 rings (SSSR count). The largest absolute Gasteiger partial charge is 0.376 e. The molecule has 1 amide bonds. The first-order valence-corrected chi connectivity index (χ1v) is 5.91. The average molecular weight is 226 g/mol. The van der Waals surface area contributed by atoms with Gasteiger partial charge < -0.3 is 9.64 Å². The van der Waals surface area contributed by atoms with Crippen molar-refractivity contribution in [2.75, 3.05) is 13.7 Å². The molecule has 5 heteroatoms. The van der Waals surface area contributed by atoms with Crippen LogP contribution in [0.2, 0.25) is 0 Å². The van der Waals surface area contributed by atoms with Crippen LogP contribution in [0.3, 0.4) is 0 Å². The number of amides is 1. The zero-order valence-electron chi connectivity index (χ0n) is 8.84. The Morgan fingerprint density at radius 2 is 2.53 bits per heavy atom. The highest BCUT2D eigenvalue weighted by Gasteiger charge is 2.31. The first-order chi connectivity index (χ1) is 7.20. The molecule has 1 aromatic heterocycles. The third-order valence-corrected chi connectivity index (χ3v) is 3.39. The Bertz CT molecular complexity index is 339. The SMILES string of the molecule is CC1OCCC1N(C)C(=O)c1cscn1. The molecule has 0 aromatic carbocycles. The van der Waals surface area contributed by atoms with E-state index < -0.39 is 0 Å². The van der Waals surface area contributed by atoms with Gasteiger partial charge in [0.2, 0.25) is 0 Å². The quantitative estimate of drug-likeness (QED) is 0.765. The molecule has 2 unspecified atom stereocenters. The summed E-state index contributed by atoms with van der Waals surface area (Å²) in [7, 11) is 1.82. The molecule has 15 heavy (non-hydrogen) atoms. The Balaban J connectivity index is 2.07. The van der Waals surface area contributed by atoms with E-state index in [1.807, 2.05) is 14.0 Å². The Morgan fingerprint density at radius 1 is 1.73 bits per heavy atom. The summed E-state index contributed by atoms with van der Waals surface area (Å²) in [5.41, 5.74) is 2.21. The summed E-state index contributed by atoms with van der Waals surface area (Å²) in [6, 6.07) is 0.180. The first-order valence-electron chi connectivity index (χ1n) is 4.97. The van der Waals surface area contributed by atoms with Crippen molar-refractivity contribution < 1.29 is 9.53 Å². The lowest BCUT2D eigenvalue weighted by molar-refractivity contribution is 0.0570. The van der Waals surface area contributed by atoms with Crippen LogP contribution in [-0.4, -0.2) is 41.6 Å². The summed E-state index contributed by atoms with van der Waals surface area (Å²) in [4.78, 5) is 17.7. The van der Waals surface area contributed by atoms with E-state index in [0.717, 1.165) is 13.0 Å². The van der Waals surface area contributed by atoms with Crippen molar-refractivity contribution in [1.29, 1.82) is 0 Å². The molecule has 1 fully saturated rings. The topological polar surface area (TPSA) is 42.4 Å². The van der Waals surface area contributed by atoms with Crippen LogP contribution in [0.4, 0.5) is 0 Å². The predicted molar refractivity (Wildman–Crippen MR) is 58.0 cm³/mol. The molecule has 2 heterocycles. The minimum atomic E-state index is -0.0152. The zero-order chi connectivity index (χ0) is 10.8. The monoisotopic (exact) mass is 226 g/mol. The van der Waals surface area contributed by atoms with Crippen LogP contribution in [0.15, 0.2) is 10.9 Å². The Kier molecular flexibility index (Phi) is 3.02. The van der Waals surface area contributed by atoms with Crippen LogP contribution < -0.4 is 0 Å². The molecule has 1 aliphatic rings. The maximum atomic E-state index is 12.0. The summed E-state index contributed by atoms with van der Waals surface area (Å²) in [6.45, 7) is 2.74. The summed E-state index contributed by atoms with van der Waals surface area (Å²) in [5.74, 6) is -0.0152. The molecule has 0 aliphatic carbocycles. The Morgan fingerprint density at radius 3 is 3.07 bits per heavy atom. The van der Waals surface area contributed by atoms with E-state index in [1.165, 1.54) is 11.3 Å². The van der Waals surface area contributed by atoms with Crippen LogP contribution in [-0.2, 0) is 4.74 Å². The summed E-state index contributed by atoms with van der Waals surface area (Å²) >= 11 is 1.44. The molecule has 0 spiro atoms. The van der Waals surface area contributed by atoms with Crippen LogP contribution >= 0.6 is 11.3 Å². The lowest BCUT2D eigenvalue weighted by atomic mass is 10.1. The third-order valence-electron chi connectivity index (χ3n) is 2.81. The predicted octanol–water partition coefficient (Wildman–Crippen LogP) is 1.39. The second kappa shape index (κ2) is 4.28. The van der Waals surface area contributed by atoms with E-state index in [2.05, 4.69) is 4.98 Å². The molecule has 0 saturated carbocycles. The zero-order valence-corrected chi connectivity index (χ0v) is 9.66. The van der Waals surface area contributed by atoms with Crippen molar-refractivity contribution in [3.05, 3.63) is 16.6 Å². The molecule has 0 bridgehead atoms. The number of aromatic nitrogens is 1. The van der Waals surface area contributed by atoms with E-state index >= 15 is 0 Å². The molecular weight excluding hydrogens is 212 g/mol. The fraction of sp³-hybridized carbons (Fsp3) is 0.600. The number of thiazole rings is 1. The van der Waals surface area contributed by atoms with Crippen molar-refractivity contribution >= 4 is 17.2 Å².